The molecule has 0 spiro atoms. The molecule has 164 valence electrons. The van der Waals surface area contributed by atoms with E-state index in [0.29, 0.717) is 30.3 Å². The fraction of sp³-hybridized carbons (Fsp3) is 0.348. The summed E-state index contributed by atoms with van der Waals surface area (Å²) in [4.78, 5) is 42.6. The third kappa shape index (κ3) is 4.47. The molecule has 3 rings (SSSR count). The number of amides is 4. The van der Waals surface area contributed by atoms with E-state index in [1.807, 2.05) is 19.1 Å². The second-order valence-corrected chi connectivity index (χ2v) is 7.19. The number of ether oxygens (including phenoxy) is 2. The summed E-state index contributed by atoms with van der Waals surface area (Å²) >= 11 is 0. The van der Waals surface area contributed by atoms with E-state index in [1.165, 1.54) is 4.90 Å². The fourth-order valence-corrected chi connectivity index (χ4v) is 3.61. The highest BCUT2D eigenvalue weighted by Crippen LogP contribution is 2.28. The van der Waals surface area contributed by atoms with Crippen LogP contribution >= 0.6 is 0 Å². The predicted octanol–water partition coefficient (Wildman–Crippen LogP) is 2.91. The van der Waals surface area contributed by atoms with Gasteiger partial charge in [-0.2, -0.15) is 0 Å². The third-order valence-corrected chi connectivity index (χ3v) is 5.33. The smallest absolute Gasteiger partial charge is 0.332 e. The molecule has 1 saturated heterocycles. The lowest BCUT2D eigenvalue weighted by atomic mass is 10.2. The Balaban J connectivity index is 1.73. The Morgan fingerprint density at radius 2 is 1.71 bits per heavy atom. The maximum Gasteiger partial charge on any atom is 0.332 e. The summed E-state index contributed by atoms with van der Waals surface area (Å²) < 4.78 is 10.6. The summed E-state index contributed by atoms with van der Waals surface area (Å²) in [6.07, 6.45) is 0. The van der Waals surface area contributed by atoms with Crippen molar-refractivity contribution in [3.8, 4) is 11.5 Å². The van der Waals surface area contributed by atoms with Crippen molar-refractivity contribution in [1.82, 2.24) is 9.80 Å². The molecular formula is C23H27N3O5. The van der Waals surface area contributed by atoms with Crippen molar-refractivity contribution < 1.29 is 23.9 Å². The van der Waals surface area contributed by atoms with Gasteiger partial charge in [0.05, 0.1) is 14.2 Å². The van der Waals surface area contributed by atoms with E-state index in [9.17, 15) is 14.4 Å². The topological polar surface area (TPSA) is 79.4 Å². The number of methoxy groups -OCH3 is 2. The molecule has 2 aromatic carbocycles. The van der Waals surface area contributed by atoms with Crippen LogP contribution in [0.4, 0.5) is 10.5 Å². The first-order valence-corrected chi connectivity index (χ1v) is 10.1. The third-order valence-electron chi connectivity index (χ3n) is 5.33. The Kier molecular flexibility index (Phi) is 6.79. The summed E-state index contributed by atoms with van der Waals surface area (Å²) in [5.41, 5.74) is 1.48. The van der Waals surface area contributed by atoms with E-state index in [1.54, 1.807) is 62.4 Å². The van der Waals surface area contributed by atoms with E-state index < -0.39 is 12.1 Å². The standard InChI is InChI=1S/C23H27N3O5/c1-5-24(14-17-11-12-19(30-3)20(13-17)31-4)21(27)15-25-22(28)16(2)26(23(25)29)18-9-7-6-8-10-18/h6-13,16H,5,14-15H2,1-4H3. The molecule has 0 N–H and O–H groups in total. The van der Waals surface area contributed by atoms with Crippen LogP contribution in [0.2, 0.25) is 0 Å². The Bertz CT molecular complexity index is 963. The van der Waals surface area contributed by atoms with Gasteiger partial charge in [-0.15, -0.1) is 0 Å². The summed E-state index contributed by atoms with van der Waals surface area (Å²) in [7, 11) is 3.11. The number of urea groups is 1. The number of imide groups is 1. The lowest BCUT2D eigenvalue weighted by molar-refractivity contribution is -0.137. The molecule has 2 aromatic rings. The SMILES string of the molecule is CCN(Cc1ccc(OC)c(OC)c1)C(=O)CN1C(=O)C(C)N(c2ccccc2)C1=O. The quantitative estimate of drug-likeness (QED) is 0.608. The van der Waals surface area contributed by atoms with Crippen molar-refractivity contribution in [2.45, 2.75) is 26.4 Å². The molecule has 1 heterocycles. The highest BCUT2D eigenvalue weighted by Gasteiger charge is 2.44. The van der Waals surface area contributed by atoms with Gasteiger partial charge >= 0.3 is 6.03 Å². The zero-order valence-electron chi connectivity index (χ0n) is 18.2. The number of rotatable bonds is 8. The first-order chi connectivity index (χ1) is 14.9. The number of carbonyl (C=O) groups is 3. The number of nitrogens with zero attached hydrogens (tertiary/aromatic N) is 3. The van der Waals surface area contributed by atoms with Gasteiger partial charge in [-0.25, -0.2) is 4.79 Å². The fourth-order valence-electron chi connectivity index (χ4n) is 3.61. The summed E-state index contributed by atoms with van der Waals surface area (Å²) in [6, 6.07) is 13.3. The predicted molar refractivity (Wildman–Crippen MR) is 116 cm³/mol. The van der Waals surface area contributed by atoms with Crippen LogP contribution in [-0.2, 0) is 16.1 Å². The van der Waals surface area contributed by atoms with Gasteiger partial charge in [-0.1, -0.05) is 24.3 Å². The van der Waals surface area contributed by atoms with Crippen LogP contribution in [0.5, 0.6) is 11.5 Å². The minimum atomic E-state index is -0.663. The number of hydrogen-bond donors (Lipinski definition) is 0. The van der Waals surface area contributed by atoms with Crippen molar-refractivity contribution in [3.05, 3.63) is 54.1 Å². The van der Waals surface area contributed by atoms with Crippen LogP contribution in [0.1, 0.15) is 19.4 Å². The van der Waals surface area contributed by atoms with E-state index in [0.717, 1.165) is 10.5 Å². The molecule has 1 atom stereocenters. The largest absolute Gasteiger partial charge is 0.493 e. The maximum absolute atomic E-state index is 13.0. The number of hydrogen-bond acceptors (Lipinski definition) is 5. The van der Waals surface area contributed by atoms with Crippen molar-refractivity contribution in [2.75, 3.05) is 32.2 Å². The van der Waals surface area contributed by atoms with Gasteiger partial charge in [0, 0.05) is 18.8 Å². The average Bonchev–Trinajstić information content (AvgIpc) is 3.00. The van der Waals surface area contributed by atoms with Gasteiger partial charge in [-0.05, 0) is 43.7 Å². The molecule has 0 aliphatic carbocycles. The Labute approximate surface area is 181 Å². The highest BCUT2D eigenvalue weighted by atomic mass is 16.5. The van der Waals surface area contributed by atoms with E-state index >= 15 is 0 Å². The Morgan fingerprint density at radius 3 is 2.32 bits per heavy atom. The second-order valence-electron chi connectivity index (χ2n) is 7.19. The number of carbonyl (C=O) groups excluding carboxylic acids is 3. The molecule has 8 heteroatoms. The van der Waals surface area contributed by atoms with Crippen molar-refractivity contribution in [3.63, 3.8) is 0 Å². The molecular weight excluding hydrogens is 398 g/mol. The number of para-hydroxylation sites is 1. The molecule has 31 heavy (non-hydrogen) atoms. The lowest BCUT2D eigenvalue weighted by Gasteiger charge is -2.24. The highest BCUT2D eigenvalue weighted by molar-refractivity contribution is 6.15. The average molecular weight is 425 g/mol. The minimum Gasteiger partial charge on any atom is -0.493 e. The second kappa shape index (κ2) is 9.51. The summed E-state index contributed by atoms with van der Waals surface area (Å²) in [5.74, 6) is 0.482. The monoisotopic (exact) mass is 425 g/mol. The Morgan fingerprint density at radius 1 is 1.03 bits per heavy atom. The molecule has 4 amide bonds. The van der Waals surface area contributed by atoms with Crippen molar-refractivity contribution in [1.29, 1.82) is 0 Å². The molecule has 1 aliphatic heterocycles. The van der Waals surface area contributed by atoms with Crippen LogP contribution in [0.3, 0.4) is 0 Å². The van der Waals surface area contributed by atoms with Gasteiger partial charge < -0.3 is 14.4 Å². The normalized spacial score (nSPS) is 15.9. The minimum absolute atomic E-state index is 0.299. The van der Waals surface area contributed by atoms with Gasteiger partial charge in [0.25, 0.3) is 5.91 Å². The van der Waals surface area contributed by atoms with Gasteiger partial charge in [0.1, 0.15) is 12.6 Å². The molecule has 0 bridgehead atoms. The Hall–Kier alpha value is -3.55. The lowest BCUT2D eigenvalue weighted by Crippen LogP contribution is -2.43. The zero-order valence-corrected chi connectivity index (χ0v) is 18.2. The van der Waals surface area contributed by atoms with Crippen LogP contribution in [0.25, 0.3) is 0 Å². The van der Waals surface area contributed by atoms with Gasteiger partial charge in [-0.3, -0.25) is 19.4 Å². The van der Waals surface area contributed by atoms with E-state index in [4.69, 9.17) is 9.47 Å². The molecule has 0 aromatic heterocycles. The first kappa shape index (κ1) is 22.1. The number of anilines is 1. The van der Waals surface area contributed by atoms with E-state index in [-0.39, 0.29) is 18.4 Å². The van der Waals surface area contributed by atoms with Crippen LogP contribution < -0.4 is 14.4 Å². The number of likely N-dealkylation sites (N-methyl/N-ethyl adjacent to an activating group) is 1. The van der Waals surface area contributed by atoms with Gasteiger partial charge in [0.15, 0.2) is 11.5 Å². The number of benzene rings is 2. The van der Waals surface area contributed by atoms with Gasteiger partial charge in [0.2, 0.25) is 5.91 Å². The van der Waals surface area contributed by atoms with Crippen LogP contribution in [0, 0.1) is 0 Å². The summed E-state index contributed by atoms with van der Waals surface area (Å²) in [5, 5.41) is 0. The molecule has 1 aliphatic rings. The summed E-state index contributed by atoms with van der Waals surface area (Å²) in [6.45, 7) is 3.97. The van der Waals surface area contributed by atoms with Crippen LogP contribution in [0.15, 0.2) is 48.5 Å². The van der Waals surface area contributed by atoms with E-state index in [2.05, 4.69) is 0 Å². The maximum atomic E-state index is 13.0. The van der Waals surface area contributed by atoms with Crippen molar-refractivity contribution >= 4 is 23.5 Å². The molecule has 1 unspecified atom stereocenters. The first-order valence-electron chi connectivity index (χ1n) is 10.1. The van der Waals surface area contributed by atoms with Crippen molar-refractivity contribution in [2.24, 2.45) is 0 Å². The van der Waals surface area contributed by atoms with Crippen LogP contribution in [-0.4, -0.2) is 61.0 Å². The molecule has 8 nitrogen and oxygen atoms in total. The zero-order chi connectivity index (χ0) is 22.5. The molecule has 0 saturated carbocycles. The molecule has 1 fully saturated rings. The molecule has 0 radical (unpaired) electrons.